The van der Waals surface area contributed by atoms with Crippen molar-refractivity contribution in [1.82, 2.24) is 20.6 Å². The number of nitrogens with one attached hydrogen (secondary N) is 2. The third-order valence-electron chi connectivity index (χ3n) is 2.11. The van der Waals surface area contributed by atoms with E-state index < -0.39 is 19.0 Å². The summed E-state index contributed by atoms with van der Waals surface area (Å²) in [5.74, 6) is 0.734. The van der Waals surface area contributed by atoms with Crippen molar-refractivity contribution < 1.29 is 22.7 Å². The summed E-state index contributed by atoms with van der Waals surface area (Å²) >= 11 is 0. The fourth-order valence-electron chi connectivity index (χ4n) is 1.22. The molecule has 1 aromatic heterocycles. The highest BCUT2D eigenvalue weighted by Crippen LogP contribution is 2.15. The van der Waals surface area contributed by atoms with Crippen LogP contribution in [0.25, 0.3) is 0 Å². The van der Waals surface area contributed by atoms with Gasteiger partial charge in [0.1, 0.15) is 11.6 Å². The molecule has 0 aliphatic heterocycles. The number of nitrogens with two attached hydrogens (primary N) is 1. The maximum atomic E-state index is 11.6. The SMILES string of the molecule is Cc1ncc(CNC(=O)NCCOC(F)(F)F)c(N)n1. The molecule has 20 heavy (non-hydrogen) atoms. The minimum absolute atomic E-state index is 0.0675. The Morgan fingerprint density at radius 2 is 2.15 bits per heavy atom. The molecule has 0 bridgehead atoms. The Kier molecular flexibility index (Phi) is 5.50. The molecule has 1 rings (SSSR count). The van der Waals surface area contributed by atoms with E-state index in [0.717, 1.165) is 0 Å². The van der Waals surface area contributed by atoms with Crippen LogP contribution in [0.3, 0.4) is 0 Å². The van der Waals surface area contributed by atoms with Crippen LogP contribution in [-0.2, 0) is 11.3 Å². The Morgan fingerprint density at radius 1 is 1.45 bits per heavy atom. The number of rotatable bonds is 5. The molecule has 7 nitrogen and oxygen atoms in total. The van der Waals surface area contributed by atoms with Gasteiger partial charge in [0.05, 0.1) is 6.61 Å². The highest BCUT2D eigenvalue weighted by atomic mass is 19.4. The molecule has 0 aromatic carbocycles. The van der Waals surface area contributed by atoms with Gasteiger partial charge < -0.3 is 16.4 Å². The first-order chi connectivity index (χ1) is 9.28. The molecule has 1 heterocycles. The van der Waals surface area contributed by atoms with Crippen LogP contribution in [0.5, 0.6) is 0 Å². The summed E-state index contributed by atoms with van der Waals surface area (Å²) in [6.07, 6.45) is -3.24. The number of halogens is 3. The molecule has 0 aliphatic carbocycles. The highest BCUT2D eigenvalue weighted by molar-refractivity contribution is 5.73. The van der Waals surface area contributed by atoms with E-state index in [0.29, 0.717) is 11.4 Å². The lowest BCUT2D eigenvalue weighted by Gasteiger charge is -2.10. The van der Waals surface area contributed by atoms with Crippen LogP contribution >= 0.6 is 0 Å². The molecule has 1 aromatic rings. The zero-order chi connectivity index (χ0) is 15.2. The first-order valence-corrected chi connectivity index (χ1v) is 5.58. The van der Waals surface area contributed by atoms with Crippen molar-refractivity contribution in [3.05, 3.63) is 17.6 Å². The lowest BCUT2D eigenvalue weighted by atomic mass is 10.3. The summed E-state index contributed by atoms with van der Waals surface area (Å²) in [6, 6.07) is -0.643. The first kappa shape index (κ1) is 16.0. The second-order valence-corrected chi connectivity index (χ2v) is 3.73. The normalized spacial score (nSPS) is 11.2. The zero-order valence-corrected chi connectivity index (χ0v) is 10.6. The van der Waals surface area contributed by atoms with Crippen LogP contribution in [0.1, 0.15) is 11.4 Å². The second-order valence-electron chi connectivity index (χ2n) is 3.73. The standard InChI is InChI=1S/C10H14F3N5O2/c1-6-16-4-7(8(14)18-6)5-17-9(19)15-2-3-20-10(11,12)13/h4H,2-3,5H2,1H3,(H2,14,16,18)(H2,15,17,19). The molecule has 0 radical (unpaired) electrons. The van der Waals surface area contributed by atoms with Gasteiger partial charge in [-0.15, -0.1) is 13.2 Å². The summed E-state index contributed by atoms with van der Waals surface area (Å²) in [6.45, 7) is 0.803. The summed E-state index contributed by atoms with van der Waals surface area (Å²) in [7, 11) is 0. The van der Waals surface area contributed by atoms with Gasteiger partial charge >= 0.3 is 12.4 Å². The van der Waals surface area contributed by atoms with Crippen LogP contribution in [0.4, 0.5) is 23.8 Å². The molecule has 0 atom stereocenters. The lowest BCUT2D eigenvalue weighted by molar-refractivity contribution is -0.323. The minimum atomic E-state index is -4.70. The van der Waals surface area contributed by atoms with Crippen LogP contribution in [-0.4, -0.2) is 35.5 Å². The summed E-state index contributed by atoms with van der Waals surface area (Å²) < 4.78 is 38.4. The number of anilines is 1. The maximum absolute atomic E-state index is 11.6. The molecule has 10 heteroatoms. The molecule has 4 N–H and O–H groups in total. The van der Waals surface area contributed by atoms with Crippen molar-refractivity contribution in [2.75, 3.05) is 18.9 Å². The Bertz CT molecular complexity index is 467. The number of nitrogen functional groups attached to an aromatic ring is 1. The molecule has 0 unspecified atom stereocenters. The van der Waals surface area contributed by atoms with Gasteiger partial charge in [-0.25, -0.2) is 14.8 Å². The number of nitrogens with zero attached hydrogens (tertiary/aromatic N) is 2. The molecule has 112 valence electrons. The number of amides is 2. The van der Waals surface area contributed by atoms with E-state index in [2.05, 4.69) is 25.3 Å². The molecule has 0 fully saturated rings. The number of aromatic nitrogens is 2. The fourth-order valence-corrected chi connectivity index (χ4v) is 1.22. The molecule has 0 saturated heterocycles. The van der Waals surface area contributed by atoms with Gasteiger partial charge in [-0.3, -0.25) is 4.74 Å². The van der Waals surface area contributed by atoms with Gasteiger partial charge in [0.25, 0.3) is 0 Å². The second kappa shape index (κ2) is 6.89. The van der Waals surface area contributed by atoms with Crippen molar-refractivity contribution >= 4 is 11.8 Å². The molecule has 2 amide bonds. The van der Waals surface area contributed by atoms with Crippen molar-refractivity contribution in [2.24, 2.45) is 0 Å². The van der Waals surface area contributed by atoms with E-state index in [4.69, 9.17) is 5.73 Å². The Labute approximate surface area is 112 Å². The topological polar surface area (TPSA) is 102 Å². The van der Waals surface area contributed by atoms with Crippen molar-refractivity contribution in [2.45, 2.75) is 19.8 Å². The predicted molar refractivity (Wildman–Crippen MR) is 63.4 cm³/mol. The van der Waals surface area contributed by atoms with E-state index in [-0.39, 0.29) is 18.9 Å². The number of carbonyl (C=O) groups is 1. The number of ether oxygens (including phenoxy) is 1. The maximum Gasteiger partial charge on any atom is 0.522 e. The third kappa shape index (κ3) is 6.18. The largest absolute Gasteiger partial charge is 0.522 e. The molecule has 0 spiro atoms. The lowest BCUT2D eigenvalue weighted by Crippen LogP contribution is -2.37. The van der Waals surface area contributed by atoms with Crippen LogP contribution < -0.4 is 16.4 Å². The van der Waals surface area contributed by atoms with Crippen molar-refractivity contribution in [3.63, 3.8) is 0 Å². The quantitative estimate of drug-likeness (QED) is 0.694. The van der Waals surface area contributed by atoms with Gasteiger partial charge in [-0.1, -0.05) is 0 Å². The average molecular weight is 293 g/mol. The minimum Gasteiger partial charge on any atom is -0.383 e. The van der Waals surface area contributed by atoms with Crippen LogP contribution in [0, 0.1) is 6.92 Å². The summed E-state index contributed by atoms with van der Waals surface area (Å²) in [5, 5.41) is 4.61. The van der Waals surface area contributed by atoms with Gasteiger partial charge in [0.2, 0.25) is 0 Å². The van der Waals surface area contributed by atoms with Gasteiger partial charge in [-0.2, -0.15) is 0 Å². The highest BCUT2D eigenvalue weighted by Gasteiger charge is 2.28. The van der Waals surface area contributed by atoms with Crippen molar-refractivity contribution in [1.29, 1.82) is 0 Å². The molecular weight excluding hydrogens is 279 g/mol. The van der Waals surface area contributed by atoms with E-state index in [1.165, 1.54) is 6.20 Å². The number of hydrogen-bond donors (Lipinski definition) is 3. The van der Waals surface area contributed by atoms with E-state index in [9.17, 15) is 18.0 Å². The Balaban J connectivity index is 2.26. The van der Waals surface area contributed by atoms with Crippen LogP contribution in [0.2, 0.25) is 0 Å². The average Bonchev–Trinajstić information content (AvgIpc) is 2.32. The third-order valence-corrected chi connectivity index (χ3v) is 2.11. The number of urea groups is 1. The van der Waals surface area contributed by atoms with E-state index in [1.54, 1.807) is 6.92 Å². The number of carbonyl (C=O) groups excluding carboxylic acids is 1. The number of aryl methyl sites for hydroxylation is 1. The van der Waals surface area contributed by atoms with Gasteiger partial charge in [-0.05, 0) is 6.92 Å². The Hall–Kier alpha value is -2.10. The molecule has 0 aliphatic rings. The Morgan fingerprint density at radius 3 is 2.75 bits per heavy atom. The van der Waals surface area contributed by atoms with E-state index in [1.807, 2.05) is 0 Å². The van der Waals surface area contributed by atoms with Crippen molar-refractivity contribution in [3.8, 4) is 0 Å². The summed E-state index contributed by atoms with van der Waals surface area (Å²) in [5.41, 5.74) is 6.12. The zero-order valence-electron chi connectivity index (χ0n) is 10.6. The predicted octanol–water partition coefficient (Wildman–Crippen LogP) is 0.703. The van der Waals surface area contributed by atoms with Gasteiger partial charge in [0, 0.05) is 24.8 Å². The van der Waals surface area contributed by atoms with Gasteiger partial charge in [0.15, 0.2) is 0 Å². The smallest absolute Gasteiger partial charge is 0.383 e. The first-order valence-electron chi connectivity index (χ1n) is 5.58. The summed E-state index contributed by atoms with van der Waals surface area (Å²) in [4.78, 5) is 19.1. The van der Waals surface area contributed by atoms with Crippen LogP contribution in [0.15, 0.2) is 6.20 Å². The number of alkyl halides is 3. The molecular formula is C10H14F3N5O2. The monoisotopic (exact) mass is 293 g/mol. The van der Waals surface area contributed by atoms with E-state index >= 15 is 0 Å². The number of hydrogen-bond acceptors (Lipinski definition) is 5. The fraction of sp³-hybridized carbons (Fsp3) is 0.500. The molecule has 0 saturated carbocycles.